The monoisotopic (exact) mass is 313 g/mol. The van der Waals surface area contributed by atoms with Crippen molar-refractivity contribution >= 4 is 22.1 Å². The largest absolute Gasteiger partial charge is 0.388 e. The molecule has 1 aliphatic heterocycles. The molecule has 1 fully saturated rings. The smallest absolute Gasteiger partial charge is 0.139 e. The van der Waals surface area contributed by atoms with Gasteiger partial charge in [0, 0.05) is 30.7 Å². The van der Waals surface area contributed by atoms with Crippen molar-refractivity contribution in [2.75, 3.05) is 19.6 Å². The fourth-order valence-electron chi connectivity index (χ4n) is 3.86. The number of H-pyrrole nitrogens is 1. The van der Waals surface area contributed by atoms with Gasteiger partial charge in [0.2, 0.25) is 0 Å². The van der Waals surface area contributed by atoms with E-state index >= 15 is 0 Å². The Morgan fingerprint density at radius 1 is 1.35 bits per heavy atom. The molecule has 1 saturated heterocycles. The number of piperidine rings is 1. The molecule has 2 N–H and O–H groups in total. The van der Waals surface area contributed by atoms with Crippen LogP contribution in [0.4, 0.5) is 0 Å². The second kappa shape index (κ2) is 5.94. The highest BCUT2D eigenvalue weighted by atomic mass is 16.3. The van der Waals surface area contributed by atoms with Gasteiger partial charge in [-0.15, -0.1) is 0 Å². The van der Waals surface area contributed by atoms with Crippen LogP contribution < -0.4 is 0 Å². The van der Waals surface area contributed by atoms with Crippen molar-refractivity contribution in [2.45, 2.75) is 38.8 Å². The SMILES string of the molecule is CCCN1CCC(n2c(CO)nc3cnc4[nH]ccc4c32)CC1. The Labute approximate surface area is 135 Å². The zero-order valence-electron chi connectivity index (χ0n) is 13.5. The van der Waals surface area contributed by atoms with E-state index in [2.05, 4.69) is 37.4 Å². The summed E-state index contributed by atoms with van der Waals surface area (Å²) in [4.78, 5) is 14.7. The lowest BCUT2D eigenvalue weighted by atomic mass is 10.0. The van der Waals surface area contributed by atoms with Crippen molar-refractivity contribution in [1.82, 2.24) is 24.4 Å². The zero-order chi connectivity index (χ0) is 15.8. The standard InChI is InChI=1S/C17H23N5O/c1-2-7-21-8-4-12(5-9-21)22-15(11-23)20-14-10-19-17-13(16(14)22)3-6-18-17/h3,6,10,12,23H,2,4-5,7-9,11H2,1H3,(H,18,19). The van der Waals surface area contributed by atoms with Crippen LogP contribution in [0, 0.1) is 0 Å². The summed E-state index contributed by atoms with van der Waals surface area (Å²) in [5.74, 6) is 0.754. The Morgan fingerprint density at radius 2 is 2.17 bits per heavy atom. The van der Waals surface area contributed by atoms with E-state index in [1.54, 1.807) is 6.20 Å². The van der Waals surface area contributed by atoms with Gasteiger partial charge >= 0.3 is 0 Å². The van der Waals surface area contributed by atoms with Gasteiger partial charge in [-0.1, -0.05) is 6.92 Å². The van der Waals surface area contributed by atoms with Gasteiger partial charge in [0.1, 0.15) is 23.6 Å². The maximum atomic E-state index is 9.79. The molecule has 0 unspecified atom stereocenters. The molecule has 122 valence electrons. The Bertz CT molecular complexity index is 813. The van der Waals surface area contributed by atoms with Gasteiger partial charge in [-0.25, -0.2) is 9.97 Å². The van der Waals surface area contributed by atoms with Crippen molar-refractivity contribution in [1.29, 1.82) is 0 Å². The van der Waals surface area contributed by atoms with Crippen molar-refractivity contribution in [3.63, 3.8) is 0 Å². The maximum Gasteiger partial charge on any atom is 0.139 e. The quantitative estimate of drug-likeness (QED) is 0.776. The van der Waals surface area contributed by atoms with Crippen LogP contribution in [-0.2, 0) is 6.61 Å². The maximum absolute atomic E-state index is 9.79. The minimum atomic E-state index is -0.0320. The van der Waals surface area contributed by atoms with Gasteiger partial charge in [-0.2, -0.15) is 0 Å². The highest BCUT2D eigenvalue weighted by Crippen LogP contribution is 2.32. The van der Waals surface area contributed by atoms with Gasteiger partial charge in [0.15, 0.2) is 0 Å². The molecule has 0 amide bonds. The van der Waals surface area contributed by atoms with Gasteiger partial charge in [-0.05, 0) is 31.9 Å². The van der Waals surface area contributed by atoms with Crippen LogP contribution in [0.15, 0.2) is 18.5 Å². The molecule has 23 heavy (non-hydrogen) atoms. The van der Waals surface area contributed by atoms with Crippen LogP contribution >= 0.6 is 0 Å². The highest BCUT2D eigenvalue weighted by Gasteiger charge is 2.25. The third-order valence-electron chi connectivity index (χ3n) is 4.91. The number of hydrogen-bond acceptors (Lipinski definition) is 4. The second-order valence-corrected chi connectivity index (χ2v) is 6.36. The number of rotatable bonds is 4. The summed E-state index contributed by atoms with van der Waals surface area (Å²) in [6.07, 6.45) is 7.13. The average molecular weight is 313 g/mol. The van der Waals surface area contributed by atoms with Gasteiger partial charge in [0.05, 0.1) is 11.7 Å². The van der Waals surface area contributed by atoms with Crippen LogP contribution in [-0.4, -0.2) is 49.2 Å². The lowest BCUT2D eigenvalue weighted by Gasteiger charge is -2.33. The van der Waals surface area contributed by atoms with Gasteiger partial charge in [-0.3, -0.25) is 0 Å². The molecular formula is C17H23N5O. The molecular weight excluding hydrogens is 290 g/mol. The van der Waals surface area contributed by atoms with Crippen LogP contribution in [0.5, 0.6) is 0 Å². The summed E-state index contributed by atoms with van der Waals surface area (Å²) in [5, 5.41) is 10.9. The fourth-order valence-corrected chi connectivity index (χ4v) is 3.86. The van der Waals surface area contributed by atoms with E-state index in [1.807, 2.05) is 6.20 Å². The first-order valence-corrected chi connectivity index (χ1v) is 8.48. The summed E-state index contributed by atoms with van der Waals surface area (Å²) >= 11 is 0. The van der Waals surface area contributed by atoms with E-state index in [1.165, 1.54) is 13.0 Å². The minimum absolute atomic E-state index is 0.0320. The molecule has 0 aromatic carbocycles. The molecule has 4 heterocycles. The van der Waals surface area contributed by atoms with Gasteiger partial charge in [0.25, 0.3) is 0 Å². The molecule has 3 aromatic heterocycles. The molecule has 3 aromatic rings. The number of aliphatic hydroxyl groups is 1. The van der Waals surface area contributed by atoms with Crippen molar-refractivity contribution < 1.29 is 5.11 Å². The topological polar surface area (TPSA) is 70.0 Å². The number of imidazole rings is 1. The lowest BCUT2D eigenvalue weighted by Crippen LogP contribution is -2.35. The van der Waals surface area contributed by atoms with Crippen LogP contribution in [0.1, 0.15) is 38.1 Å². The predicted molar refractivity (Wildman–Crippen MR) is 90.3 cm³/mol. The van der Waals surface area contributed by atoms with Crippen molar-refractivity contribution in [3.8, 4) is 0 Å². The number of nitrogens with one attached hydrogen (secondary N) is 1. The lowest BCUT2D eigenvalue weighted by molar-refractivity contribution is 0.181. The Hall–Kier alpha value is -1.92. The molecule has 0 aliphatic carbocycles. The molecule has 0 spiro atoms. The van der Waals surface area contributed by atoms with Crippen LogP contribution in [0.2, 0.25) is 0 Å². The number of likely N-dealkylation sites (tertiary alicyclic amines) is 1. The Balaban J connectivity index is 1.77. The van der Waals surface area contributed by atoms with Crippen molar-refractivity contribution in [3.05, 3.63) is 24.3 Å². The van der Waals surface area contributed by atoms with Crippen LogP contribution in [0.25, 0.3) is 22.1 Å². The molecule has 6 nitrogen and oxygen atoms in total. The fraction of sp³-hybridized carbons (Fsp3) is 0.529. The van der Waals surface area contributed by atoms with Gasteiger partial charge < -0.3 is 19.6 Å². The first-order chi connectivity index (χ1) is 11.3. The number of fused-ring (bicyclic) bond motifs is 3. The summed E-state index contributed by atoms with van der Waals surface area (Å²) < 4.78 is 2.26. The number of aliphatic hydroxyl groups excluding tert-OH is 1. The number of pyridine rings is 1. The normalized spacial score (nSPS) is 17.5. The highest BCUT2D eigenvalue weighted by molar-refractivity contribution is 6.01. The number of aromatic nitrogens is 4. The number of hydrogen-bond donors (Lipinski definition) is 2. The first kappa shape index (κ1) is 14.7. The molecule has 1 aliphatic rings. The summed E-state index contributed by atoms with van der Waals surface area (Å²) in [7, 11) is 0. The van der Waals surface area contributed by atoms with E-state index in [0.717, 1.165) is 53.8 Å². The molecule has 0 saturated carbocycles. The third-order valence-corrected chi connectivity index (χ3v) is 4.91. The first-order valence-electron chi connectivity index (χ1n) is 8.48. The number of aromatic amines is 1. The molecule has 0 bridgehead atoms. The van der Waals surface area contributed by atoms with E-state index in [0.29, 0.717) is 6.04 Å². The van der Waals surface area contributed by atoms with E-state index < -0.39 is 0 Å². The summed E-state index contributed by atoms with van der Waals surface area (Å²) in [6.45, 7) is 5.61. The molecule has 0 atom stereocenters. The minimum Gasteiger partial charge on any atom is -0.388 e. The zero-order valence-corrected chi connectivity index (χ0v) is 13.5. The Kier molecular flexibility index (Phi) is 3.79. The van der Waals surface area contributed by atoms with E-state index in [9.17, 15) is 5.11 Å². The van der Waals surface area contributed by atoms with Crippen LogP contribution in [0.3, 0.4) is 0 Å². The number of nitrogens with zero attached hydrogens (tertiary/aromatic N) is 4. The van der Waals surface area contributed by atoms with Crippen molar-refractivity contribution in [2.24, 2.45) is 0 Å². The second-order valence-electron chi connectivity index (χ2n) is 6.36. The molecule has 6 heteroatoms. The molecule has 4 rings (SSSR count). The van der Waals surface area contributed by atoms with E-state index in [4.69, 9.17) is 0 Å². The molecule has 0 radical (unpaired) electrons. The third kappa shape index (κ3) is 2.42. The predicted octanol–water partition coefficient (Wildman–Crippen LogP) is 2.45. The summed E-state index contributed by atoms with van der Waals surface area (Å²) in [6, 6.07) is 2.45. The van der Waals surface area contributed by atoms with E-state index in [-0.39, 0.29) is 6.61 Å². The average Bonchev–Trinajstić information content (AvgIpc) is 3.19. The summed E-state index contributed by atoms with van der Waals surface area (Å²) in [5.41, 5.74) is 2.86. The Morgan fingerprint density at radius 3 is 2.91 bits per heavy atom.